The molecule has 0 unspecified atom stereocenters. The van der Waals surface area contributed by atoms with E-state index in [-0.39, 0.29) is 35.2 Å². The van der Waals surface area contributed by atoms with Crippen LogP contribution in [0, 0.1) is 5.82 Å². The Hall–Kier alpha value is -1.19. The summed E-state index contributed by atoms with van der Waals surface area (Å²) >= 11 is 1.80. The number of benzene rings is 1. The number of hydrogen-bond donors (Lipinski definition) is 2. The van der Waals surface area contributed by atoms with Gasteiger partial charge in [-0.15, -0.1) is 35.3 Å². The standard InChI is InChI=1S/C22H31FN4S.HI/c1-22(2,20-5-4-14-28-20)16-25-21(24-3)26-19-10-12-27(13-11-19)15-17-6-8-18(23)9-7-17;/h4-9,14,19H,10-13,15-16H2,1-3H3,(H2,24,25,26);1H. The largest absolute Gasteiger partial charge is 0.356 e. The number of rotatable bonds is 6. The highest BCUT2D eigenvalue weighted by molar-refractivity contribution is 14.0. The SMILES string of the molecule is CN=C(NCC(C)(C)c1cccs1)NC1CCN(Cc2ccc(F)cc2)CC1.I. The van der Waals surface area contributed by atoms with Crippen LogP contribution in [0.3, 0.4) is 0 Å². The number of nitrogens with zero attached hydrogens (tertiary/aromatic N) is 2. The third-order valence-corrected chi connectivity index (χ3v) is 6.59. The molecule has 1 aromatic heterocycles. The molecule has 2 aromatic rings. The molecule has 4 nitrogen and oxygen atoms in total. The number of hydrogen-bond acceptors (Lipinski definition) is 3. The van der Waals surface area contributed by atoms with E-state index in [1.54, 1.807) is 11.3 Å². The van der Waals surface area contributed by atoms with Gasteiger partial charge in [0.05, 0.1) is 0 Å². The van der Waals surface area contributed by atoms with Gasteiger partial charge in [0.2, 0.25) is 0 Å². The van der Waals surface area contributed by atoms with Gasteiger partial charge in [0, 0.05) is 49.6 Å². The van der Waals surface area contributed by atoms with E-state index < -0.39 is 0 Å². The summed E-state index contributed by atoms with van der Waals surface area (Å²) in [5.41, 5.74) is 1.24. The third kappa shape index (κ3) is 7.22. The molecule has 2 heterocycles. The zero-order chi connectivity index (χ0) is 20.0. The lowest BCUT2D eigenvalue weighted by atomic mass is 9.91. The molecule has 1 fully saturated rings. The number of guanidine groups is 1. The van der Waals surface area contributed by atoms with Gasteiger partial charge in [-0.2, -0.15) is 0 Å². The Morgan fingerprint density at radius 1 is 1.21 bits per heavy atom. The quantitative estimate of drug-likeness (QED) is 0.326. The molecular formula is C22H32FIN4S. The topological polar surface area (TPSA) is 39.7 Å². The van der Waals surface area contributed by atoms with Gasteiger partial charge >= 0.3 is 0 Å². The van der Waals surface area contributed by atoms with Crippen LogP contribution in [-0.2, 0) is 12.0 Å². The van der Waals surface area contributed by atoms with Crippen molar-refractivity contribution in [1.82, 2.24) is 15.5 Å². The first kappa shape index (κ1) is 24.1. The van der Waals surface area contributed by atoms with Crippen molar-refractivity contribution in [2.45, 2.75) is 44.7 Å². The number of piperidine rings is 1. The maximum absolute atomic E-state index is 13.0. The van der Waals surface area contributed by atoms with Crippen LogP contribution < -0.4 is 10.6 Å². The molecule has 7 heteroatoms. The van der Waals surface area contributed by atoms with Gasteiger partial charge in [-0.3, -0.25) is 9.89 Å². The summed E-state index contributed by atoms with van der Waals surface area (Å²) in [4.78, 5) is 8.22. The molecule has 1 aliphatic rings. The predicted molar refractivity (Wildman–Crippen MR) is 132 cm³/mol. The van der Waals surface area contributed by atoms with Crippen molar-refractivity contribution in [3.63, 3.8) is 0 Å². The van der Waals surface area contributed by atoms with Crippen LogP contribution in [0.4, 0.5) is 4.39 Å². The lowest BCUT2D eigenvalue weighted by molar-refractivity contribution is 0.198. The Balaban J connectivity index is 0.00000300. The Morgan fingerprint density at radius 3 is 2.48 bits per heavy atom. The highest BCUT2D eigenvalue weighted by Gasteiger charge is 2.24. The van der Waals surface area contributed by atoms with Crippen LogP contribution >= 0.6 is 35.3 Å². The van der Waals surface area contributed by atoms with Gasteiger partial charge < -0.3 is 10.6 Å². The van der Waals surface area contributed by atoms with E-state index in [1.807, 2.05) is 19.2 Å². The Kier molecular flexibility index (Phi) is 9.36. The summed E-state index contributed by atoms with van der Waals surface area (Å²) < 4.78 is 13.0. The smallest absolute Gasteiger partial charge is 0.191 e. The first-order chi connectivity index (χ1) is 13.5. The van der Waals surface area contributed by atoms with Crippen LogP contribution in [0.5, 0.6) is 0 Å². The zero-order valence-corrected chi connectivity index (χ0v) is 20.6. The second-order valence-electron chi connectivity index (χ2n) is 8.11. The molecule has 2 N–H and O–H groups in total. The lowest BCUT2D eigenvalue weighted by Gasteiger charge is -2.33. The second kappa shape index (κ2) is 11.3. The summed E-state index contributed by atoms with van der Waals surface area (Å²) in [5.74, 6) is 0.703. The highest BCUT2D eigenvalue weighted by atomic mass is 127. The van der Waals surface area contributed by atoms with E-state index >= 15 is 0 Å². The van der Waals surface area contributed by atoms with E-state index in [9.17, 15) is 4.39 Å². The highest BCUT2D eigenvalue weighted by Crippen LogP contribution is 2.26. The Morgan fingerprint density at radius 2 is 1.90 bits per heavy atom. The molecule has 1 saturated heterocycles. The van der Waals surface area contributed by atoms with Crippen molar-refractivity contribution in [2.24, 2.45) is 4.99 Å². The maximum Gasteiger partial charge on any atom is 0.191 e. The van der Waals surface area contributed by atoms with Crippen molar-refractivity contribution >= 4 is 41.3 Å². The molecular weight excluding hydrogens is 498 g/mol. The van der Waals surface area contributed by atoms with Crippen LogP contribution in [0.1, 0.15) is 37.1 Å². The number of aliphatic imine (C=N–C) groups is 1. The molecule has 1 aromatic carbocycles. The van der Waals surface area contributed by atoms with Gasteiger partial charge in [0.15, 0.2) is 5.96 Å². The van der Waals surface area contributed by atoms with Crippen molar-refractivity contribution < 1.29 is 4.39 Å². The van der Waals surface area contributed by atoms with E-state index in [1.165, 1.54) is 22.6 Å². The Bertz CT molecular complexity index is 754. The normalized spacial score (nSPS) is 16.3. The third-order valence-electron chi connectivity index (χ3n) is 5.36. The average Bonchev–Trinajstić information content (AvgIpc) is 3.24. The second-order valence-corrected chi connectivity index (χ2v) is 9.06. The molecule has 160 valence electrons. The minimum absolute atomic E-state index is 0. The van der Waals surface area contributed by atoms with Crippen LogP contribution in [0.25, 0.3) is 0 Å². The van der Waals surface area contributed by atoms with E-state index in [2.05, 4.69) is 51.9 Å². The summed E-state index contributed by atoms with van der Waals surface area (Å²) in [6.45, 7) is 8.31. The summed E-state index contributed by atoms with van der Waals surface area (Å²) in [6, 6.07) is 11.6. The average molecular weight is 530 g/mol. The molecule has 0 aliphatic carbocycles. The monoisotopic (exact) mass is 530 g/mol. The van der Waals surface area contributed by atoms with E-state index in [0.717, 1.165) is 45.0 Å². The number of halogens is 2. The zero-order valence-electron chi connectivity index (χ0n) is 17.5. The molecule has 0 radical (unpaired) electrons. The fourth-order valence-electron chi connectivity index (χ4n) is 3.53. The molecule has 0 saturated carbocycles. The van der Waals surface area contributed by atoms with Crippen LogP contribution in [0.15, 0.2) is 46.8 Å². The number of nitrogens with one attached hydrogen (secondary N) is 2. The molecule has 0 bridgehead atoms. The molecule has 0 amide bonds. The van der Waals surface area contributed by atoms with Gasteiger partial charge in [-0.1, -0.05) is 32.0 Å². The minimum Gasteiger partial charge on any atom is -0.356 e. The van der Waals surface area contributed by atoms with Gasteiger partial charge in [-0.25, -0.2) is 4.39 Å². The first-order valence-corrected chi connectivity index (χ1v) is 10.8. The molecule has 1 aliphatic heterocycles. The van der Waals surface area contributed by atoms with Crippen molar-refractivity contribution in [2.75, 3.05) is 26.7 Å². The fourth-order valence-corrected chi connectivity index (χ4v) is 4.38. The minimum atomic E-state index is -0.173. The Labute approximate surface area is 195 Å². The first-order valence-electron chi connectivity index (χ1n) is 9.94. The van der Waals surface area contributed by atoms with Gasteiger partial charge in [0.1, 0.15) is 5.82 Å². The van der Waals surface area contributed by atoms with Crippen molar-refractivity contribution in [3.8, 4) is 0 Å². The summed E-state index contributed by atoms with van der Waals surface area (Å²) in [5, 5.41) is 9.21. The van der Waals surface area contributed by atoms with Crippen LogP contribution in [-0.4, -0.2) is 43.6 Å². The summed E-state index contributed by atoms with van der Waals surface area (Å²) in [6.07, 6.45) is 2.16. The molecule has 0 spiro atoms. The van der Waals surface area contributed by atoms with Gasteiger partial charge in [-0.05, 0) is 42.0 Å². The van der Waals surface area contributed by atoms with Crippen LogP contribution in [0.2, 0.25) is 0 Å². The number of likely N-dealkylation sites (tertiary alicyclic amines) is 1. The molecule has 0 atom stereocenters. The number of thiophene rings is 1. The van der Waals surface area contributed by atoms with Gasteiger partial charge in [0.25, 0.3) is 0 Å². The summed E-state index contributed by atoms with van der Waals surface area (Å²) in [7, 11) is 1.83. The fraction of sp³-hybridized carbons (Fsp3) is 0.500. The maximum atomic E-state index is 13.0. The molecule has 29 heavy (non-hydrogen) atoms. The van der Waals surface area contributed by atoms with E-state index in [0.29, 0.717) is 6.04 Å². The lowest BCUT2D eigenvalue weighted by Crippen LogP contribution is -2.50. The molecule has 3 rings (SSSR count). The van der Waals surface area contributed by atoms with E-state index in [4.69, 9.17) is 0 Å². The van der Waals surface area contributed by atoms with Crippen molar-refractivity contribution in [1.29, 1.82) is 0 Å². The van der Waals surface area contributed by atoms with Crippen molar-refractivity contribution in [3.05, 3.63) is 58.0 Å². The predicted octanol–water partition coefficient (Wildman–Crippen LogP) is 4.61.